The highest BCUT2D eigenvalue weighted by Gasteiger charge is 2.40. The first-order valence-corrected chi connectivity index (χ1v) is 9.80. The molecule has 0 aliphatic carbocycles. The fourth-order valence-corrected chi connectivity index (χ4v) is 4.57. The number of thiazole rings is 1. The fourth-order valence-electron chi connectivity index (χ4n) is 4.02. The molecule has 0 spiro atoms. The lowest BCUT2D eigenvalue weighted by atomic mass is 9.94. The summed E-state index contributed by atoms with van der Waals surface area (Å²) in [6.07, 6.45) is 1.96. The van der Waals surface area contributed by atoms with E-state index in [4.69, 9.17) is 4.74 Å². The maximum Gasteiger partial charge on any atom is 0.227 e. The molecular weight excluding hydrogens is 353 g/mol. The number of fused-ring (bicyclic) bond motifs is 4. The summed E-state index contributed by atoms with van der Waals surface area (Å²) in [6.45, 7) is 2.79. The van der Waals surface area contributed by atoms with Crippen LogP contribution in [-0.2, 0) is 17.9 Å². The Bertz CT molecular complexity index is 783. The normalized spacial score (nSPS) is 23.3. The van der Waals surface area contributed by atoms with Crippen molar-refractivity contribution in [2.45, 2.75) is 32.0 Å². The van der Waals surface area contributed by atoms with E-state index in [2.05, 4.69) is 9.88 Å². The SMILES string of the molecule is COc1ccc(CN2C[C@@H]3CC[C@H](C2)N(Cc2cscn2)C3=O)cc1F. The van der Waals surface area contributed by atoms with Crippen LogP contribution < -0.4 is 4.74 Å². The Labute approximate surface area is 156 Å². The number of piperidine rings is 1. The lowest BCUT2D eigenvalue weighted by Crippen LogP contribution is -2.47. The van der Waals surface area contributed by atoms with E-state index in [0.29, 0.717) is 13.1 Å². The average molecular weight is 375 g/mol. The summed E-state index contributed by atoms with van der Waals surface area (Å²) in [4.78, 5) is 21.5. The number of halogens is 1. The molecule has 1 aromatic heterocycles. The molecule has 2 atom stereocenters. The molecule has 0 N–H and O–H groups in total. The predicted octanol–water partition coefficient (Wildman–Crippen LogP) is 2.91. The van der Waals surface area contributed by atoms with Crippen LogP contribution in [0.1, 0.15) is 24.1 Å². The van der Waals surface area contributed by atoms with Crippen molar-refractivity contribution in [1.29, 1.82) is 0 Å². The Balaban J connectivity index is 1.49. The maximum atomic E-state index is 14.0. The van der Waals surface area contributed by atoms with Crippen LogP contribution >= 0.6 is 11.3 Å². The first-order chi connectivity index (χ1) is 12.6. The number of ether oxygens (including phenoxy) is 1. The summed E-state index contributed by atoms with van der Waals surface area (Å²) >= 11 is 1.56. The van der Waals surface area contributed by atoms with Crippen molar-refractivity contribution in [3.8, 4) is 5.75 Å². The van der Waals surface area contributed by atoms with E-state index in [-0.39, 0.29) is 29.4 Å². The number of nitrogens with zero attached hydrogens (tertiary/aromatic N) is 3. The third-order valence-corrected chi connectivity index (χ3v) is 5.94. The summed E-state index contributed by atoms with van der Waals surface area (Å²) in [5.74, 6) is 0.173. The van der Waals surface area contributed by atoms with Gasteiger partial charge in [0.25, 0.3) is 0 Å². The van der Waals surface area contributed by atoms with Crippen molar-refractivity contribution in [2.75, 3.05) is 20.2 Å². The van der Waals surface area contributed by atoms with Gasteiger partial charge in [0, 0.05) is 31.1 Å². The molecule has 3 aliphatic heterocycles. The molecule has 1 amide bonds. The molecule has 2 aromatic rings. The standard InChI is InChI=1S/C19H22FN3O2S/c1-25-18-5-2-13(6-17(18)20)7-22-8-14-3-4-16(10-22)23(19(14)24)9-15-11-26-12-21-15/h2,5-6,11-12,14,16H,3-4,7-10H2,1H3/t14-,16+/m0/s1. The Morgan fingerprint density at radius 3 is 2.92 bits per heavy atom. The fraction of sp³-hybridized carbons (Fsp3) is 0.474. The van der Waals surface area contributed by atoms with Gasteiger partial charge in [0.05, 0.1) is 30.8 Å². The second-order valence-corrected chi connectivity index (χ2v) is 7.76. The number of benzene rings is 1. The molecule has 26 heavy (non-hydrogen) atoms. The monoisotopic (exact) mass is 375 g/mol. The number of amides is 1. The second-order valence-electron chi connectivity index (χ2n) is 7.04. The number of carbonyl (C=O) groups is 1. The van der Waals surface area contributed by atoms with Gasteiger partial charge in [0.2, 0.25) is 5.91 Å². The molecule has 3 saturated heterocycles. The lowest BCUT2D eigenvalue weighted by molar-refractivity contribution is -0.140. The van der Waals surface area contributed by atoms with E-state index in [9.17, 15) is 9.18 Å². The Hall–Kier alpha value is -1.99. The predicted molar refractivity (Wildman–Crippen MR) is 97.4 cm³/mol. The van der Waals surface area contributed by atoms with Crippen LogP contribution in [-0.4, -0.2) is 46.9 Å². The summed E-state index contributed by atoms with van der Waals surface area (Å²) in [5, 5.41) is 2.00. The van der Waals surface area contributed by atoms with Crippen molar-refractivity contribution in [3.63, 3.8) is 0 Å². The van der Waals surface area contributed by atoms with Gasteiger partial charge in [-0.25, -0.2) is 9.37 Å². The van der Waals surface area contributed by atoms with Crippen LogP contribution in [0.15, 0.2) is 29.1 Å². The van der Waals surface area contributed by atoms with Gasteiger partial charge < -0.3 is 9.64 Å². The van der Waals surface area contributed by atoms with Crippen molar-refractivity contribution in [2.24, 2.45) is 5.92 Å². The van der Waals surface area contributed by atoms with Gasteiger partial charge in [-0.1, -0.05) is 6.07 Å². The zero-order valence-corrected chi connectivity index (χ0v) is 15.5. The van der Waals surface area contributed by atoms with Crippen molar-refractivity contribution < 1.29 is 13.9 Å². The van der Waals surface area contributed by atoms with Crippen molar-refractivity contribution >= 4 is 17.2 Å². The number of methoxy groups -OCH3 is 1. The Kier molecular flexibility index (Phi) is 4.91. The Morgan fingerprint density at radius 2 is 2.19 bits per heavy atom. The number of aromatic nitrogens is 1. The zero-order chi connectivity index (χ0) is 18.1. The summed E-state index contributed by atoms with van der Waals surface area (Å²) in [6, 6.07) is 5.28. The third kappa shape index (κ3) is 3.46. The van der Waals surface area contributed by atoms with E-state index in [1.165, 1.54) is 13.2 Å². The van der Waals surface area contributed by atoms with Gasteiger partial charge in [0.1, 0.15) is 0 Å². The molecule has 0 saturated carbocycles. The summed E-state index contributed by atoms with van der Waals surface area (Å²) in [7, 11) is 1.47. The molecule has 1 aromatic carbocycles. The highest BCUT2D eigenvalue weighted by Crippen LogP contribution is 2.31. The molecule has 4 heterocycles. The average Bonchev–Trinajstić information content (AvgIpc) is 3.01. The van der Waals surface area contributed by atoms with Gasteiger partial charge in [-0.3, -0.25) is 9.69 Å². The smallest absolute Gasteiger partial charge is 0.227 e. The van der Waals surface area contributed by atoms with E-state index in [1.54, 1.807) is 22.9 Å². The number of carbonyl (C=O) groups excluding carboxylic acids is 1. The number of hydrogen-bond donors (Lipinski definition) is 0. The summed E-state index contributed by atoms with van der Waals surface area (Å²) < 4.78 is 19.0. The van der Waals surface area contributed by atoms with Crippen LogP contribution in [0, 0.1) is 11.7 Å². The number of hydrogen-bond acceptors (Lipinski definition) is 5. The molecule has 0 unspecified atom stereocenters. The minimum atomic E-state index is -0.343. The molecule has 7 heteroatoms. The van der Waals surface area contributed by atoms with E-state index in [0.717, 1.165) is 37.2 Å². The van der Waals surface area contributed by atoms with Crippen molar-refractivity contribution in [1.82, 2.24) is 14.8 Å². The molecule has 2 bridgehead atoms. The van der Waals surface area contributed by atoms with Crippen LogP contribution in [0.5, 0.6) is 5.75 Å². The molecule has 5 rings (SSSR count). The first kappa shape index (κ1) is 17.4. The van der Waals surface area contributed by atoms with Gasteiger partial charge in [-0.05, 0) is 30.5 Å². The minimum absolute atomic E-state index is 0.0236. The molecule has 138 valence electrons. The third-order valence-electron chi connectivity index (χ3n) is 5.31. The van der Waals surface area contributed by atoms with Gasteiger partial charge in [0.15, 0.2) is 11.6 Å². The minimum Gasteiger partial charge on any atom is -0.494 e. The highest BCUT2D eigenvalue weighted by molar-refractivity contribution is 7.07. The molecule has 3 aliphatic rings. The molecule has 3 fully saturated rings. The van der Waals surface area contributed by atoms with Crippen LogP contribution in [0.25, 0.3) is 0 Å². The van der Waals surface area contributed by atoms with Crippen LogP contribution in [0.2, 0.25) is 0 Å². The maximum absolute atomic E-state index is 14.0. The van der Waals surface area contributed by atoms with Crippen LogP contribution in [0.4, 0.5) is 4.39 Å². The van der Waals surface area contributed by atoms with Gasteiger partial charge in [-0.2, -0.15) is 0 Å². The van der Waals surface area contributed by atoms with E-state index >= 15 is 0 Å². The summed E-state index contributed by atoms with van der Waals surface area (Å²) in [5.41, 5.74) is 3.67. The number of rotatable bonds is 5. The quantitative estimate of drug-likeness (QED) is 0.806. The van der Waals surface area contributed by atoms with E-state index < -0.39 is 0 Å². The zero-order valence-electron chi connectivity index (χ0n) is 14.7. The second kappa shape index (κ2) is 7.32. The molecule has 5 nitrogen and oxygen atoms in total. The lowest BCUT2D eigenvalue weighted by Gasteiger charge is -2.35. The van der Waals surface area contributed by atoms with E-state index in [1.807, 2.05) is 16.3 Å². The van der Waals surface area contributed by atoms with Crippen LogP contribution in [0.3, 0.4) is 0 Å². The van der Waals surface area contributed by atoms with Gasteiger partial charge in [-0.15, -0.1) is 11.3 Å². The highest BCUT2D eigenvalue weighted by atomic mass is 32.1. The van der Waals surface area contributed by atoms with Gasteiger partial charge >= 0.3 is 0 Å². The largest absolute Gasteiger partial charge is 0.494 e. The van der Waals surface area contributed by atoms with Crippen molar-refractivity contribution in [3.05, 3.63) is 46.2 Å². The topological polar surface area (TPSA) is 45.7 Å². The first-order valence-electron chi connectivity index (χ1n) is 8.86. The molecule has 0 radical (unpaired) electrons. The molecular formula is C19H22FN3O2S. The Morgan fingerprint density at radius 1 is 1.31 bits per heavy atom.